The number of carbonyl (C=O) groups excluding carboxylic acids is 1. The van der Waals surface area contributed by atoms with Crippen LogP contribution in [0.4, 0.5) is 0 Å². The molecule has 0 amide bonds. The summed E-state index contributed by atoms with van der Waals surface area (Å²) >= 11 is 0. The molecule has 5 heteroatoms. The predicted octanol–water partition coefficient (Wildman–Crippen LogP) is 1.03. The van der Waals surface area contributed by atoms with Gasteiger partial charge >= 0.3 is 5.97 Å². The monoisotopic (exact) mass is 234 g/mol. The van der Waals surface area contributed by atoms with E-state index in [0.29, 0.717) is 5.56 Å². The summed E-state index contributed by atoms with van der Waals surface area (Å²) in [6, 6.07) is 5.23. The summed E-state index contributed by atoms with van der Waals surface area (Å²) in [5.41, 5.74) is 2.19. The topological polar surface area (TPSA) is 64.3 Å². The van der Waals surface area contributed by atoms with Gasteiger partial charge in [-0.05, 0) is 25.1 Å². The fraction of sp³-hybridized carbons (Fsp3) is 0.333. The average Bonchev–Trinajstić information content (AvgIpc) is 2.61. The second-order valence-electron chi connectivity index (χ2n) is 3.78. The van der Waals surface area contributed by atoms with Crippen molar-refractivity contribution in [3.05, 3.63) is 29.6 Å². The van der Waals surface area contributed by atoms with Crippen LogP contribution in [0.5, 0.6) is 0 Å². The predicted molar refractivity (Wildman–Crippen MR) is 62.8 cm³/mol. The van der Waals surface area contributed by atoms with Crippen molar-refractivity contribution in [3.8, 4) is 0 Å². The first-order chi connectivity index (χ1) is 8.13. The van der Waals surface area contributed by atoms with E-state index in [-0.39, 0.29) is 13.2 Å². The molecule has 0 saturated carbocycles. The number of rotatable bonds is 3. The molecule has 1 aromatic heterocycles. The summed E-state index contributed by atoms with van der Waals surface area (Å²) in [6.45, 7) is 1.75. The van der Waals surface area contributed by atoms with E-state index in [0.717, 1.165) is 16.9 Å². The third-order valence-corrected chi connectivity index (χ3v) is 2.66. The van der Waals surface area contributed by atoms with Gasteiger partial charge in [-0.1, -0.05) is 0 Å². The summed E-state index contributed by atoms with van der Waals surface area (Å²) in [5.74, 6) is 0.449. The molecule has 0 spiro atoms. The molecular formula is C12H14N2O3. The lowest BCUT2D eigenvalue weighted by Gasteiger charge is -2.02. The Morgan fingerprint density at radius 1 is 1.53 bits per heavy atom. The molecule has 2 rings (SSSR count). The lowest BCUT2D eigenvalue weighted by Crippen LogP contribution is -2.08. The van der Waals surface area contributed by atoms with Gasteiger partial charge in [-0.2, -0.15) is 0 Å². The maximum atomic E-state index is 11.6. The third-order valence-electron chi connectivity index (χ3n) is 2.66. The quantitative estimate of drug-likeness (QED) is 0.806. The lowest BCUT2D eigenvalue weighted by atomic mass is 10.2. The zero-order chi connectivity index (χ0) is 12.4. The zero-order valence-electron chi connectivity index (χ0n) is 9.80. The van der Waals surface area contributed by atoms with E-state index in [4.69, 9.17) is 9.84 Å². The van der Waals surface area contributed by atoms with Gasteiger partial charge in [0.1, 0.15) is 12.4 Å². The SMILES string of the molecule is Cc1nc2cc(C(=O)OCCO)ccc2n1C. The molecule has 0 atom stereocenters. The molecule has 1 heterocycles. The number of imidazole rings is 1. The van der Waals surface area contributed by atoms with Crippen molar-refractivity contribution < 1.29 is 14.6 Å². The van der Waals surface area contributed by atoms with Crippen LogP contribution in [0, 0.1) is 6.92 Å². The second-order valence-corrected chi connectivity index (χ2v) is 3.78. The molecule has 2 aromatic rings. The minimum absolute atomic E-state index is 0.0120. The van der Waals surface area contributed by atoms with Gasteiger partial charge in [-0.15, -0.1) is 0 Å². The van der Waals surface area contributed by atoms with Crippen molar-refractivity contribution in [2.75, 3.05) is 13.2 Å². The zero-order valence-corrected chi connectivity index (χ0v) is 9.80. The van der Waals surface area contributed by atoms with Gasteiger partial charge in [-0.3, -0.25) is 0 Å². The molecule has 1 N–H and O–H groups in total. The number of esters is 1. The van der Waals surface area contributed by atoms with Gasteiger partial charge in [0.15, 0.2) is 0 Å². The van der Waals surface area contributed by atoms with Crippen LogP contribution >= 0.6 is 0 Å². The highest BCUT2D eigenvalue weighted by molar-refractivity contribution is 5.93. The first-order valence-corrected chi connectivity index (χ1v) is 5.34. The Hall–Kier alpha value is -1.88. The van der Waals surface area contributed by atoms with Gasteiger partial charge < -0.3 is 14.4 Å². The van der Waals surface area contributed by atoms with Crippen LogP contribution < -0.4 is 0 Å². The van der Waals surface area contributed by atoms with Crippen molar-refractivity contribution in [2.24, 2.45) is 7.05 Å². The average molecular weight is 234 g/mol. The van der Waals surface area contributed by atoms with Crippen LogP contribution in [-0.4, -0.2) is 33.8 Å². The van der Waals surface area contributed by atoms with Crippen LogP contribution in [0.3, 0.4) is 0 Å². The lowest BCUT2D eigenvalue weighted by molar-refractivity contribution is 0.0434. The molecule has 0 unspecified atom stereocenters. The molecule has 5 nitrogen and oxygen atoms in total. The standard InChI is InChI=1S/C12H14N2O3/c1-8-13-10-7-9(12(16)17-6-5-15)3-4-11(10)14(8)2/h3-4,7,15H,5-6H2,1-2H3. The van der Waals surface area contributed by atoms with E-state index in [1.165, 1.54) is 0 Å². The van der Waals surface area contributed by atoms with Crippen LogP contribution in [0.2, 0.25) is 0 Å². The number of fused-ring (bicyclic) bond motifs is 1. The summed E-state index contributed by atoms with van der Waals surface area (Å²) in [4.78, 5) is 15.9. The normalized spacial score (nSPS) is 10.8. The fourth-order valence-electron chi connectivity index (χ4n) is 1.67. The minimum atomic E-state index is -0.441. The third kappa shape index (κ3) is 2.14. The summed E-state index contributed by atoms with van der Waals surface area (Å²) in [5, 5.41) is 8.58. The first kappa shape index (κ1) is 11.6. The molecule has 17 heavy (non-hydrogen) atoms. The van der Waals surface area contributed by atoms with Crippen molar-refractivity contribution in [1.29, 1.82) is 0 Å². The van der Waals surface area contributed by atoms with E-state index < -0.39 is 5.97 Å². The largest absolute Gasteiger partial charge is 0.460 e. The Morgan fingerprint density at radius 2 is 2.29 bits per heavy atom. The van der Waals surface area contributed by atoms with Crippen molar-refractivity contribution >= 4 is 17.0 Å². The molecule has 0 aliphatic carbocycles. The summed E-state index contributed by atoms with van der Waals surface area (Å²) in [7, 11) is 1.93. The van der Waals surface area contributed by atoms with Crippen LogP contribution in [0.25, 0.3) is 11.0 Å². The maximum Gasteiger partial charge on any atom is 0.338 e. The molecule has 0 fully saturated rings. The first-order valence-electron chi connectivity index (χ1n) is 5.34. The van der Waals surface area contributed by atoms with Gasteiger partial charge in [0.2, 0.25) is 0 Å². The maximum absolute atomic E-state index is 11.6. The number of benzene rings is 1. The number of aliphatic hydroxyl groups excluding tert-OH is 1. The minimum Gasteiger partial charge on any atom is -0.460 e. The Morgan fingerprint density at radius 3 is 3.00 bits per heavy atom. The number of ether oxygens (including phenoxy) is 1. The summed E-state index contributed by atoms with van der Waals surface area (Å²) < 4.78 is 6.80. The molecule has 0 aliphatic heterocycles. The number of hydrogen-bond donors (Lipinski definition) is 1. The highest BCUT2D eigenvalue weighted by Gasteiger charge is 2.10. The van der Waals surface area contributed by atoms with Crippen molar-refractivity contribution in [2.45, 2.75) is 6.92 Å². The highest BCUT2D eigenvalue weighted by Crippen LogP contribution is 2.16. The molecule has 0 aliphatic rings. The van der Waals surface area contributed by atoms with Crippen LogP contribution in [0.15, 0.2) is 18.2 Å². The smallest absolute Gasteiger partial charge is 0.338 e. The molecule has 0 saturated heterocycles. The van der Waals surface area contributed by atoms with Gasteiger partial charge in [-0.25, -0.2) is 9.78 Å². The van der Waals surface area contributed by atoms with Gasteiger partial charge in [0, 0.05) is 7.05 Å². The number of aliphatic hydroxyl groups is 1. The van der Waals surface area contributed by atoms with Crippen LogP contribution in [0.1, 0.15) is 16.2 Å². The van der Waals surface area contributed by atoms with Gasteiger partial charge in [0.05, 0.1) is 23.2 Å². The molecule has 0 radical (unpaired) electrons. The van der Waals surface area contributed by atoms with Crippen molar-refractivity contribution in [1.82, 2.24) is 9.55 Å². The molecule has 0 bridgehead atoms. The van der Waals surface area contributed by atoms with Gasteiger partial charge in [0.25, 0.3) is 0 Å². The fourth-order valence-corrected chi connectivity index (χ4v) is 1.67. The highest BCUT2D eigenvalue weighted by atomic mass is 16.5. The summed E-state index contributed by atoms with van der Waals surface area (Å²) in [6.07, 6.45) is 0. The Kier molecular flexibility index (Phi) is 3.10. The molecule has 90 valence electrons. The van der Waals surface area contributed by atoms with Crippen LogP contribution in [-0.2, 0) is 11.8 Å². The number of nitrogens with zero attached hydrogens (tertiary/aromatic N) is 2. The van der Waals surface area contributed by atoms with E-state index in [2.05, 4.69) is 4.98 Å². The number of carbonyl (C=O) groups is 1. The number of aryl methyl sites for hydroxylation is 2. The Balaban J connectivity index is 2.35. The molecular weight excluding hydrogens is 220 g/mol. The Labute approximate surface area is 98.6 Å². The second kappa shape index (κ2) is 4.55. The van der Waals surface area contributed by atoms with E-state index >= 15 is 0 Å². The van der Waals surface area contributed by atoms with E-state index in [1.54, 1.807) is 12.1 Å². The van der Waals surface area contributed by atoms with E-state index in [9.17, 15) is 4.79 Å². The van der Waals surface area contributed by atoms with E-state index in [1.807, 2.05) is 24.6 Å². The van der Waals surface area contributed by atoms with Crippen molar-refractivity contribution in [3.63, 3.8) is 0 Å². The molecule has 1 aromatic carbocycles. The number of aromatic nitrogens is 2. The Bertz CT molecular complexity index is 560. The number of hydrogen-bond acceptors (Lipinski definition) is 4.